The van der Waals surface area contributed by atoms with Gasteiger partial charge in [-0.15, -0.1) is 0 Å². The Bertz CT molecular complexity index is 1750. The fraction of sp³-hybridized carbons (Fsp3) is 0.333. The summed E-state index contributed by atoms with van der Waals surface area (Å²) >= 11 is 0. The van der Waals surface area contributed by atoms with Gasteiger partial charge in [-0.1, -0.05) is 18.2 Å². The van der Waals surface area contributed by atoms with Crippen LogP contribution in [-0.2, 0) is 29.7 Å². The molecule has 1 aliphatic rings. The molecule has 0 atom stereocenters. The molecule has 1 fully saturated rings. The Labute approximate surface area is 224 Å². The Morgan fingerprint density at radius 1 is 0.872 bits per heavy atom. The number of piperazine rings is 1. The van der Waals surface area contributed by atoms with Gasteiger partial charge in [-0.25, -0.2) is 22.0 Å². The molecular formula is C27H29F2N5O4S. The van der Waals surface area contributed by atoms with Gasteiger partial charge in [0, 0.05) is 63.1 Å². The van der Waals surface area contributed by atoms with Crippen LogP contribution in [0.3, 0.4) is 0 Å². The quantitative estimate of drug-likeness (QED) is 0.377. The number of aromatic nitrogens is 3. The first-order chi connectivity index (χ1) is 18.6. The third-order valence-electron chi connectivity index (χ3n) is 7.18. The summed E-state index contributed by atoms with van der Waals surface area (Å²) in [5, 5.41) is 0. The number of nitrogens with one attached hydrogen (secondary N) is 1. The molecule has 12 heteroatoms. The predicted molar refractivity (Wildman–Crippen MR) is 144 cm³/mol. The van der Waals surface area contributed by atoms with E-state index in [0.717, 1.165) is 6.07 Å². The first kappa shape index (κ1) is 27.0. The van der Waals surface area contributed by atoms with Gasteiger partial charge in [0.2, 0.25) is 10.0 Å². The maximum absolute atomic E-state index is 14.0. The lowest BCUT2D eigenvalue weighted by molar-refractivity contribution is 0.180. The first-order valence-electron chi connectivity index (χ1n) is 12.8. The molecule has 0 unspecified atom stereocenters. The molecule has 2 aromatic carbocycles. The van der Waals surface area contributed by atoms with Crippen LogP contribution in [-0.4, -0.2) is 57.9 Å². The van der Waals surface area contributed by atoms with Crippen LogP contribution in [0.5, 0.6) is 0 Å². The largest absolute Gasteiger partial charge is 0.349 e. The van der Waals surface area contributed by atoms with Crippen molar-refractivity contribution in [3.63, 3.8) is 0 Å². The van der Waals surface area contributed by atoms with Crippen LogP contribution in [0.1, 0.15) is 19.4 Å². The smallest absolute Gasteiger partial charge is 0.331 e. The predicted octanol–water partition coefficient (Wildman–Crippen LogP) is 2.98. The van der Waals surface area contributed by atoms with Crippen molar-refractivity contribution >= 4 is 21.1 Å². The molecule has 2 aromatic heterocycles. The van der Waals surface area contributed by atoms with E-state index >= 15 is 0 Å². The second-order valence-electron chi connectivity index (χ2n) is 9.46. The second-order valence-corrected chi connectivity index (χ2v) is 11.4. The minimum atomic E-state index is -3.75. The van der Waals surface area contributed by atoms with Crippen LogP contribution < -0.4 is 11.2 Å². The lowest BCUT2D eigenvalue weighted by Gasteiger charge is -2.34. The number of hydrogen-bond acceptors (Lipinski definition) is 5. The fourth-order valence-electron chi connectivity index (χ4n) is 5.00. The number of halogens is 2. The monoisotopic (exact) mass is 557 g/mol. The van der Waals surface area contributed by atoms with E-state index in [4.69, 9.17) is 0 Å². The van der Waals surface area contributed by atoms with Gasteiger partial charge in [-0.3, -0.25) is 18.8 Å². The molecule has 3 heterocycles. The van der Waals surface area contributed by atoms with E-state index in [2.05, 4.69) is 4.98 Å². The third kappa shape index (κ3) is 4.95. The number of aryl methyl sites for hydroxylation is 1. The minimum Gasteiger partial charge on any atom is -0.349 e. The summed E-state index contributed by atoms with van der Waals surface area (Å²) in [7, 11) is -3.75. The van der Waals surface area contributed by atoms with Gasteiger partial charge in [0.25, 0.3) is 5.56 Å². The molecule has 39 heavy (non-hydrogen) atoms. The summed E-state index contributed by atoms with van der Waals surface area (Å²) in [6.45, 7) is 5.81. The summed E-state index contributed by atoms with van der Waals surface area (Å²) in [4.78, 5) is 30.6. The number of H-pyrrole nitrogens is 1. The number of sulfonamides is 1. The summed E-state index contributed by atoms with van der Waals surface area (Å²) in [5.41, 5.74) is 1.70. The number of hydrogen-bond donors (Lipinski definition) is 1. The molecule has 4 aromatic rings. The Morgan fingerprint density at radius 3 is 2.15 bits per heavy atom. The van der Waals surface area contributed by atoms with Gasteiger partial charge in [-0.2, -0.15) is 4.31 Å². The Balaban J connectivity index is 1.33. The molecule has 1 N–H and O–H groups in total. The SMILES string of the molecule is CCn1c(=O)c2[nH]c(-c3ccc(S(=O)(=O)N4CCN(Cc5ccc(F)cc5F)CC4)cc3)cc2n(CC)c1=O. The van der Waals surface area contributed by atoms with Crippen LogP contribution in [0, 0.1) is 11.6 Å². The molecule has 1 aliphatic heterocycles. The van der Waals surface area contributed by atoms with Crippen molar-refractivity contribution in [1.29, 1.82) is 0 Å². The molecule has 9 nitrogen and oxygen atoms in total. The van der Waals surface area contributed by atoms with Gasteiger partial charge >= 0.3 is 5.69 Å². The number of nitrogens with zero attached hydrogens (tertiary/aromatic N) is 4. The highest BCUT2D eigenvalue weighted by Gasteiger charge is 2.29. The highest BCUT2D eigenvalue weighted by molar-refractivity contribution is 7.89. The van der Waals surface area contributed by atoms with E-state index in [1.807, 2.05) is 11.8 Å². The maximum atomic E-state index is 14.0. The van der Waals surface area contributed by atoms with Gasteiger partial charge in [0.15, 0.2) is 0 Å². The number of rotatable bonds is 7. The van der Waals surface area contributed by atoms with E-state index in [1.54, 1.807) is 25.1 Å². The van der Waals surface area contributed by atoms with Gasteiger partial charge < -0.3 is 4.98 Å². The number of fused-ring (bicyclic) bond motifs is 1. The Hall–Kier alpha value is -3.61. The van der Waals surface area contributed by atoms with Crippen LogP contribution in [0.4, 0.5) is 8.78 Å². The van der Waals surface area contributed by atoms with Crippen molar-refractivity contribution in [2.45, 2.75) is 38.4 Å². The third-order valence-corrected chi connectivity index (χ3v) is 9.10. The molecule has 0 amide bonds. The van der Waals surface area contributed by atoms with Crippen molar-refractivity contribution in [2.24, 2.45) is 0 Å². The second kappa shape index (κ2) is 10.5. The fourth-order valence-corrected chi connectivity index (χ4v) is 6.43. The molecule has 5 rings (SSSR count). The molecule has 0 bridgehead atoms. The highest BCUT2D eigenvalue weighted by atomic mass is 32.2. The molecule has 0 saturated carbocycles. The van der Waals surface area contributed by atoms with Crippen molar-refractivity contribution in [3.8, 4) is 11.3 Å². The zero-order valence-corrected chi connectivity index (χ0v) is 22.5. The Kier molecular flexibility index (Phi) is 7.27. The van der Waals surface area contributed by atoms with Crippen molar-refractivity contribution in [3.05, 3.63) is 86.6 Å². The maximum Gasteiger partial charge on any atom is 0.331 e. The molecule has 0 radical (unpaired) electrons. The van der Waals surface area contributed by atoms with Crippen molar-refractivity contribution in [1.82, 2.24) is 23.3 Å². The topological polar surface area (TPSA) is 100 Å². The summed E-state index contributed by atoms with van der Waals surface area (Å²) in [5.74, 6) is -1.25. The van der Waals surface area contributed by atoms with E-state index in [-0.39, 0.29) is 36.8 Å². The van der Waals surface area contributed by atoms with Crippen molar-refractivity contribution < 1.29 is 17.2 Å². The summed E-state index contributed by atoms with van der Waals surface area (Å²) in [6, 6.07) is 11.6. The standard InChI is InChI=1S/C27H29F2N5O4S/c1-3-33-24-16-23(30-25(24)26(35)34(4-2)27(33)36)18-6-9-21(10-7-18)39(37,38)32-13-11-31(12-14-32)17-19-5-8-20(28)15-22(19)29/h5-10,15-16,30H,3-4,11-14,17H2,1-2H3. The van der Waals surface area contributed by atoms with Crippen molar-refractivity contribution in [2.75, 3.05) is 26.2 Å². The zero-order chi connectivity index (χ0) is 27.9. The van der Waals surface area contributed by atoms with Crippen LogP contribution in [0.15, 0.2) is 63.0 Å². The lowest BCUT2D eigenvalue weighted by atomic mass is 10.1. The molecule has 206 valence electrons. The van der Waals surface area contributed by atoms with E-state index < -0.39 is 27.2 Å². The summed E-state index contributed by atoms with van der Waals surface area (Å²) < 4.78 is 57.9. The average Bonchev–Trinajstić information content (AvgIpc) is 3.37. The number of aromatic amines is 1. The van der Waals surface area contributed by atoms with Gasteiger partial charge in [0.05, 0.1) is 10.4 Å². The van der Waals surface area contributed by atoms with Crippen LogP contribution in [0.25, 0.3) is 22.3 Å². The van der Waals surface area contributed by atoms with Crippen LogP contribution >= 0.6 is 0 Å². The minimum absolute atomic E-state index is 0.138. The van der Waals surface area contributed by atoms with Gasteiger partial charge in [0.1, 0.15) is 17.2 Å². The molecule has 1 saturated heterocycles. The average molecular weight is 558 g/mol. The Morgan fingerprint density at radius 2 is 1.54 bits per heavy atom. The normalized spacial score (nSPS) is 15.3. The number of benzene rings is 2. The lowest BCUT2D eigenvalue weighted by Crippen LogP contribution is -2.48. The van der Waals surface area contributed by atoms with Crippen LogP contribution in [0.2, 0.25) is 0 Å². The summed E-state index contributed by atoms with van der Waals surface area (Å²) in [6.07, 6.45) is 0. The highest BCUT2D eigenvalue weighted by Crippen LogP contribution is 2.25. The molecule has 0 spiro atoms. The zero-order valence-electron chi connectivity index (χ0n) is 21.7. The van der Waals surface area contributed by atoms with Gasteiger partial charge in [-0.05, 0) is 43.7 Å². The van der Waals surface area contributed by atoms with E-state index in [9.17, 15) is 26.8 Å². The molecule has 0 aliphatic carbocycles. The van der Waals surface area contributed by atoms with E-state index in [0.29, 0.717) is 47.5 Å². The van der Waals surface area contributed by atoms with E-state index in [1.165, 1.54) is 37.7 Å². The first-order valence-corrected chi connectivity index (χ1v) is 14.2. The molecular weight excluding hydrogens is 528 g/mol.